The maximum Gasteiger partial charge on any atom is 0.441 e. The molecule has 1 aliphatic carbocycles. The van der Waals surface area contributed by atoms with Crippen LogP contribution in [0.1, 0.15) is 51.9 Å². The van der Waals surface area contributed by atoms with Gasteiger partial charge in [-0.15, -0.1) is 0 Å². The topological polar surface area (TPSA) is 15.3 Å². The quantitative estimate of drug-likeness (QED) is 0.822. The number of rotatable bonds is 5. The normalized spacial score (nSPS) is 27.1. The van der Waals surface area contributed by atoms with E-state index in [1.165, 1.54) is 19.3 Å². The molecule has 1 atom stereocenters. The Balaban J connectivity index is 1.95. The molecule has 0 aromatic heterocycles. The van der Waals surface area contributed by atoms with Gasteiger partial charge < -0.3 is 5.32 Å². The summed E-state index contributed by atoms with van der Waals surface area (Å²) in [6, 6.07) is 0.443. The van der Waals surface area contributed by atoms with E-state index in [0.717, 1.165) is 38.8 Å². The molecule has 1 aliphatic heterocycles. The van der Waals surface area contributed by atoms with Crippen LogP contribution in [-0.2, 0) is 0 Å². The van der Waals surface area contributed by atoms with E-state index in [-0.39, 0.29) is 23.1 Å². The van der Waals surface area contributed by atoms with Crippen LogP contribution in [0.3, 0.4) is 0 Å². The molecular weight excluding hydrogens is 297 g/mol. The molecule has 124 valence electrons. The van der Waals surface area contributed by atoms with Crippen LogP contribution in [0.15, 0.2) is 0 Å². The molecule has 0 bridgehead atoms. The summed E-state index contributed by atoms with van der Waals surface area (Å²) in [5.41, 5.74) is -3.98. The summed E-state index contributed by atoms with van der Waals surface area (Å²) in [6.07, 6.45) is 8.19. The Hall–Kier alpha value is 0.0600. The number of alkyl halides is 3. The molecule has 21 heavy (non-hydrogen) atoms. The van der Waals surface area contributed by atoms with Crippen LogP contribution in [0.4, 0.5) is 13.2 Å². The summed E-state index contributed by atoms with van der Waals surface area (Å²) in [7, 11) is 0. The van der Waals surface area contributed by atoms with Gasteiger partial charge in [-0.1, -0.05) is 32.6 Å². The molecule has 2 aliphatic rings. The van der Waals surface area contributed by atoms with E-state index >= 15 is 0 Å². The average molecular weight is 324 g/mol. The van der Waals surface area contributed by atoms with Crippen LogP contribution in [0.2, 0.25) is 0 Å². The summed E-state index contributed by atoms with van der Waals surface area (Å²) < 4.78 is 37.1. The number of nitrogens with zero attached hydrogens (tertiary/aromatic N) is 1. The second-order valence-electron chi connectivity index (χ2n) is 6.39. The zero-order valence-corrected chi connectivity index (χ0v) is 13.7. The predicted octanol–water partition coefficient (Wildman–Crippen LogP) is 4.02. The van der Waals surface area contributed by atoms with Gasteiger partial charge in [-0.3, -0.25) is 4.90 Å². The first-order valence-corrected chi connectivity index (χ1v) is 9.13. The molecule has 1 heterocycles. The van der Waals surface area contributed by atoms with Crippen LogP contribution in [0.25, 0.3) is 0 Å². The van der Waals surface area contributed by atoms with E-state index < -0.39 is 5.51 Å². The summed E-state index contributed by atoms with van der Waals surface area (Å²) in [4.78, 5) is 2.38. The summed E-state index contributed by atoms with van der Waals surface area (Å²) in [5.74, 6) is 0.157. The van der Waals surface area contributed by atoms with Gasteiger partial charge in [0.2, 0.25) is 0 Å². The lowest BCUT2D eigenvalue weighted by Gasteiger charge is -2.52. The maximum absolute atomic E-state index is 12.4. The third kappa shape index (κ3) is 5.03. The van der Waals surface area contributed by atoms with Gasteiger partial charge in [-0.05, 0) is 31.0 Å². The van der Waals surface area contributed by atoms with Crippen molar-refractivity contribution in [2.75, 3.05) is 25.4 Å². The molecule has 0 amide bonds. The Morgan fingerprint density at radius 3 is 2.57 bits per heavy atom. The van der Waals surface area contributed by atoms with Crippen molar-refractivity contribution < 1.29 is 13.2 Å². The monoisotopic (exact) mass is 324 g/mol. The standard InChI is InChI=1S/C15H27F3N2S/c1-2-6-13-11-20(9-10-21-15(16,17)18)14(12-19-13)7-4-3-5-8-14/h13,19H,2-12H2,1H3. The van der Waals surface area contributed by atoms with Gasteiger partial charge in [0, 0.05) is 37.0 Å². The fraction of sp³-hybridized carbons (Fsp3) is 1.00. The van der Waals surface area contributed by atoms with E-state index in [2.05, 4.69) is 17.1 Å². The van der Waals surface area contributed by atoms with Gasteiger partial charge >= 0.3 is 5.51 Å². The minimum Gasteiger partial charge on any atom is -0.311 e. The highest BCUT2D eigenvalue weighted by Gasteiger charge is 2.42. The van der Waals surface area contributed by atoms with E-state index in [1.54, 1.807) is 0 Å². The molecule has 1 N–H and O–H groups in total. The van der Waals surface area contributed by atoms with Crippen molar-refractivity contribution in [3.63, 3.8) is 0 Å². The fourth-order valence-electron chi connectivity index (χ4n) is 3.82. The van der Waals surface area contributed by atoms with E-state index in [0.29, 0.717) is 12.6 Å². The minimum absolute atomic E-state index is 0.120. The highest BCUT2D eigenvalue weighted by molar-refractivity contribution is 8.00. The second kappa shape index (κ2) is 7.55. The number of piperazine rings is 1. The molecule has 2 nitrogen and oxygen atoms in total. The minimum atomic E-state index is -4.10. The molecule has 2 rings (SSSR count). The summed E-state index contributed by atoms with van der Waals surface area (Å²) >= 11 is 0.127. The van der Waals surface area contributed by atoms with Gasteiger partial charge in [0.1, 0.15) is 0 Å². The number of nitrogens with one attached hydrogen (secondary N) is 1. The van der Waals surface area contributed by atoms with Crippen molar-refractivity contribution in [1.29, 1.82) is 0 Å². The SMILES string of the molecule is CCCC1CN(CCSC(F)(F)F)C2(CCCCC2)CN1. The molecule has 1 unspecified atom stereocenters. The fourth-order valence-corrected chi connectivity index (χ4v) is 4.36. The molecule has 2 fully saturated rings. The molecule has 0 aromatic carbocycles. The van der Waals surface area contributed by atoms with Gasteiger partial charge in [-0.25, -0.2) is 0 Å². The Labute approximate surface area is 130 Å². The molecule has 1 saturated carbocycles. The Bertz CT molecular complexity index is 317. The third-order valence-electron chi connectivity index (χ3n) is 4.88. The van der Waals surface area contributed by atoms with Gasteiger partial charge in [0.05, 0.1) is 0 Å². The lowest BCUT2D eigenvalue weighted by Crippen LogP contribution is -2.65. The van der Waals surface area contributed by atoms with Gasteiger partial charge in [0.25, 0.3) is 0 Å². The van der Waals surface area contributed by atoms with Crippen LogP contribution in [-0.4, -0.2) is 47.4 Å². The maximum atomic E-state index is 12.4. The first-order chi connectivity index (χ1) is 9.95. The van der Waals surface area contributed by atoms with Crippen molar-refractivity contribution >= 4 is 11.8 Å². The van der Waals surface area contributed by atoms with Gasteiger partial charge in [0.15, 0.2) is 0 Å². The summed E-state index contributed by atoms with van der Waals surface area (Å²) in [5, 5.41) is 3.65. The Morgan fingerprint density at radius 2 is 1.95 bits per heavy atom. The highest BCUT2D eigenvalue weighted by Crippen LogP contribution is 2.37. The molecule has 0 radical (unpaired) electrons. The number of thioether (sulfide) groups is 1. The molecule has 0 aromatic rings. The first kappa shape index (κ1) is 17.4. The van der Waals surface area contributed by atoms with E-state index in [4.69, 9.17) is 0 Å². The Kier molecular flexibility index (Phi) is 6.26. The molecule has 1 spiro atoms. The summed E-state index contributed by atoms with van der Waals surface area (Å²) in [6.45, 7) is 4.59. The highest BCUT2D eigenvalue weighted by atomic mass is 32.2. The van der Waals surface area contributed by atoms with Crippen LogP contribution in [0.5, 0.6) is 0 Å². The molecule has 1 saturated heterocycles. The third-order valence-corrected chi connectivity index (χ3v) is 5.59. The van der Waals surface area contributed by atoms with E-state index in [1.807, 2.05) is 0 Å². The Morgan fingerprint density at radius 1 is 1.24 bits per heavy atom. The second-order valence-corrected chi connectivity index (χ2v) is 7.55. The van der Waals surface area contributed by atoms with E-state index in [9.17, 15) is 13.2 Å². The molecular formula is C15H27F3N2S. The van der Waals surface area contributed by atoms with Crippen LogP contribution in [0, 0.1) is 0 Å². The van der Waals surface area contributed by atoms with Crippen molar-refractivity contribution in [2.45, 2.75) is 69.0 Å². The smallest absolute Gasteiger partial charge is 0.311 e. The number of hydrogen-bond acceptors (Lipinski definition) is 3. The van der Waals surface area contributed by atoms with Crippen LogP contribution < -0.4 is 5.32 Å². The van der Waals surface area contributed by atoms with Crippen molar-refractivity contribution in [3.05, 3.63) is 0 Å². The van der Waals surface area contributed by atoms with Crippen molar-refractivity contribution in [2.24, 2.45) is 0 Å². The van der Waals surface area contributed by atoms with Crippen molar-refractivity contribution in [1.82, 2.24) is 10.2 Å². The average Bonchev–Trinajstić information content (AvgIpc) is 2.43. The largest absolute Gasteiger partial charge is 0.441 e. The lowest BCUT2D eigenvalue weighted by molar-refractivity contribution is -0.0335. The zero-order chi connectivity index (χ0) is 15.3. The molecule has 6 heteroatoms. The number of halogens is 3. The van der Waals surface area contributed by atoms with Crippen molar-refractivity contribution in [3.8, 4) is 0 Å². The predicted molar refractivity (Wildman–Crippen MR) is 82.6 cm³/mol. The lowest BCUT2D eigenvalue weighted by atomic mass is 9.78. The number of hydrogen-bond donors (Lipinski definition) is 1. The zero-order valence-electron chi connectivity index (χ0n) is 12.8. The van der Waals surface area contributed by atoms with Crippen LogP contribution >= 0.6 is 11.8 Å². The van der Waals surface area contributed by atoms with Gasteiger partial charge in [-0.2, -0.15) is 13.2 Å². The first-order valence-electron chi connectivity index (χ1n) is 8.14.